The molecule has 2 aromatic rings. The second-order valence-corrected chi connectivity index (χ2v) is 7.02. The van der Waals surface area contributed by atoms with Gasteiger partial charge in [0.1, 0.15) is 11.0 Å². The van der Waals surface area contributed by atoms with E-state index in [1.165, 1.54) is 12.4 Å². The van der Waals surface area contributed by atoms with Crippen LogP contribution in [-0.2, 0) is 10.3 Å². The Morgan fingerprint density at radius 2 is 2.08 bits per heavy atom. The van der Waals surface area contributed by atoms with Crippen LogP contribution in [0.4, 0.5) is 4.39 Å². The SMILES string of the molecule is C[C@@H]1CNC[C@@](NC(=O)CN(C)C)(c2ncc(F)c3nccnc23)C1. The van der Waals surface area contributed by atoms with Crippen LogP contribution in [0.25, 0.3) is 11.0 Å². The van der Waals surface area contributed by atoms with E-state index in [1.54, 1.807) is 4.90 Å². The molecule has 134 valence electrons. The van der Waals surface area contributed by atoms with Gasteiger partial charge < -0.3 is 15.5 Å². The minimum Gasteiger partial charge on any atom is -0.343 e. The number of likely N-dealkylation sites (N-methyl/N-ethyl adjacent to an activating group) is 1. The summed E-state index contributed by atoms with van der Waals surface area (Å²) in [7, 11) is 3.68. The van der Waals surface area contributed by atoms with Crippen LogP contribution < -0.4 is 10.6 Å². The second-order valence-electron chi connectivity index (χ2n) is 7.02. The van der Waals surface area contributed by atoms with E-state index < -0.39 is 11.4 Å². The number of pyridine rings is 1. The molecule has 25 heavy (non-hydrogen) atoms. The summed E-state index contributed by atoms with van der Waals surface area (Å²) in [5.74, 6) is -0.297. The lowest BCUT2D eigenvalue weighted by atomic mass is 9.81. The van der Waals surface area contributed by atoms with Crippen LogP contribution in [0.2, 0.25) is 0 Å². The molecule has 3 rings (SSSR count). The zero-order valence-electron chi connectivity index (χ0n) is 14.7. The average Bonchev–Trinajstić information content (AvgIpc) is 2.54. The summed E-state index contributed by atoms with van der Waals surface area (Å²) in [6.07, 6.45) is 4.82. The quantitative estimate of drug-likeness (QED) is 0.847. The molecule has 0 unspecified atom stereocenters. The third kappa shape index (κ3) is 3.59. The zero-order valence-corrected chi connectivity index (χ0v) is 14.7. The van der Waals surface area contributed by atoms with Gasteiger partial charge in [0.05, 0.1) is 24.0 Å². The molecule has 1 saturated heterocycles. The number of hydrogen-bond donors (Lipinski definition) is 2. The van der Waals surface area contributed by atoms with Gasteiger partial charge in [0.25, 0.3) is 0 Å². The molecule has 1 amide bonds. The molecule has 0 bridgehead atoms. The van der Waals surface area contributed by atoms with Crippen LogP contribution in [0.1, 0.15) is 19.0 Å². The topological polar surface area (TPSA) is 83.0 Å². The van der Waals surface area contributed by atoms with E-state index in [9.17, 15) is 9.18 Å². The lowest BCUT2D eigenvalue weighted by molar-refractivity contribution is -0.124. The second kappa shape index (κ2) is 6.97. The Balaban J connectivity index is 2.09. The number of rotatable bonds is 4. The summed E-state index contributed by atoms with van der Waals surface area (Å²) in [5.41, 5.74) is 0.380. The number of aromatic nitrogens is 3. The Labute approximate surface area is 146 Å². The summed E-state index contributed by atoms with van der Waals surface area (Å²) in [6, 6.07) is 0. The minimum absolute atomic E-state index is 0.107. The fourth-order valence-electron chi connectivity index (χ4n) is 3.48. The highest BCUT2D eigenvalue weighted by Crippen LogP contribution is 2.33. The van der Waals surface area contributed by atoms with Crippen LogP contribution in [0.5, 0.6) is 0 Å². The average molecular weight is 346 g/mol. The number of nitrogens with zero attached hydrogens (tertiary/aromatic N) is 4. The molecule has 0 radical (unpaired) electrons. The van der Waals surface area contributed by atoms with Crippen LogP contribution in [0, 0.1) is 11.7 Å². The molecule has 0 aliphatic carbocycles. The smallest absolute Gasteiger partial charge is 0.234 e. The van der Waals surface area contributed by atoms with Crippen LogP contribution in [0.15, 0.2) is 18.6 Å². The van der Waals surface area contributed by atoms with Gasteiger partial charge in [-0.15, -0.1) is 0 Å². The number of halogens is 1. The van der Waals surface area contributed by atoms with Crippen molar-refractivity contribution < 1.29 is 9.18 Å². The van der Waals surface area contributed by atoms with Gasteiger partial charge in [0.15, 0.2) is 5.82 Å². The van der Waals surface area contributed by atoms with Crippen LogP contribution >= 0.6 is 0 Å². The third-order valence-corrected chi connectivity index (χ3v) is 4.36. The Morgan fingerprint density at radius 3 is 2.76 bits per heavy atom. The normalized spacial score (nSPS) is 23.8. The number of fused-ring (bicyclic) bond motifs is 1. The molecule has 1 aliphatic rings. The van der Waals surface area contributed by atoms with Crippen molar-refractivity contribution in [1.29, 1.82) is 0 Å². The predicted molar refractivity (Wildman–Crippen MR) is 92.3 cm³/mol. The van der Waals surface area contributed by atoms with E-state index in [0.717, 1.165) is 12.7 Å². The highest BCUT2D eigenvalue weighted by molar-refractivity contribution is 5.82. The van der Waals surface area contributed by atoms with E-state index in [0.29, 0.717) is 30.1 Å². The monoisotopic (exact) mass is 346 g/mol. The van der Waals surface area contributed by atoms with E-state index in [2.05, 4.69) is 32.5 Å². The van der Waals surface area contributed by atoms with E-state index in [-0.39, 0.29) is 18.0 Å². The van der Waals surface area contributed by atoms with Crippen molar-refractivity contribution in [3.63, 3.8) is 0 Å². The Morgan fingerprint density at radius 1 is 1.36 bits per heavy atom. The van der Waals surface area contributed by atoms with Crippen molar-refractivity contribution in [2.24, 2.45) is 5.92 Å². The molecular formula is C17H23FN6O. The summed E-state index contributed by atoms with van der Waals surface area (Å²) in [4.78, 5) is 27.0. The summed E-state index contributed by atoms with van der Waals surface area (Å²) in [5, 5.41) is 6.48. The van der Waals surface area contributed by atoms with E-state index in [1.807, 2.05) is 14.1 Å². The molecule has 0 spiro atoms. The minimum atomic E-state index is -0.743. The first-order valence-corrected chi connectivity index (χ1v) is 8.33. The number of amides is 1. The summed E-state index contributed by atoms with van der Waals surface area (Å²) >= 11 is 0. The van der Waals surface area contributed by atoms with Gasteiger partial charge in [-0.2, -0.15) is 0 Å². The van der Waals surface area contributed by atoms with Gasteiger partial charge in [-0.25, -0.2) is 9.37 Å². The zero-order chi connectivity index (χ0) is 18.0. The van der Waals surface area contributed by atoms with Crippen molar-refractivity contribution >= 4 is 16.9 Å². The van der Waals surface area contributed by atoms with Crippen LogP contribution in [0.3, 0.4) is 0 Å². The maximum Gasteiger partial charge on any atom is 0.234 e. The number of hydrogen-bond acceptors (Lipinski definition) is 6. The first-order valence-electron chi connectivity index (χ1n) is 8.33. The van der Waals surface area contributed by atoms with Gasteiger partial charge >= 0.3 is 0 Å². The molecule has 0 aromatic carbocycles. The maximum absolute atomic E-state index is 14.1. The van der Waals surface area contributed by atoms with E-state index >= 15 is 0 Å². The highest BCUT2D eigenvalue weighted by atomic mass is 19.1. The fraction of sp³-hybridized carbons (Fsp3) is 0.529. The number of nitrogens with one attached hydrogen (secondary N) is 2. The predicted octanol–water partition coefficient (Wildman–Crippen LogP) is 0.666. The van der Waals surface area contributed by atoms with Gasteiger partial charge in [0.2, 0.25) is 5.91 Å². The standard InChI is InChI=1S/C17H23FN6O/c1-11-6-17(10-19-7-11,23-13(25)9-24(2)3)16-15-14(12(18)8-22-16)20-4-5-21-15/h4-5,8,11,19H,6-7,9-10H2,1-3H3,(H,23,25)/t11-,17+/m0/s1. The maximum atomic E-state index is 14.1. The lowest BCUT2D eigenvalue weighted by Crippen LogP contribution is -2.58. The first-order chi connectivity index (χ1) is 11.9. The van der Waals surface area contributed by atoms with Gasteiger partial charge in [-0.05, 0) is 33.0 Å². The van der Waals surface area contributed by atoms with Crippen LogP contribution in [-0.4, -0.2) is 59.5 Å². The van der Waals surface area contributed by atoms with Crippen molar-refractivity contribution in [3.8, 4) is 0 Å². The summed E-state index contributed by atoms with van der Waals surface area (Å²) < 4.78 is 14.1. The molecule has 2 N–H and O–H groups in total. The molecule has 1 fully saturated rings. The van der Waals surface area contributed by atoms with Gasteiger partial charge in [0, 0.05) is 18.9 Å². The fourth-order valence-corrected chi connectivity index (χ4v) is 3.48. The highest BCUT2D eigenvalue weighted by Gasteiger charge is 2.41. The molecule has 2 aromatic heterocycles. The Hall–Kier alpha value is -2.19. The number of carbonyl (C=O) groups excluding carboxylic acids is 1. The van der Waals surface area contributed by atoms with Crippen molar-refractivity contribution in [2.75, 3.05) is 33.7 Å². The molecule has 0 saturated carbocycles. The molecular weight excluding hydrogens is 323 g/mol. The molecule has 8 heteroatoms. The Kier molecular flexibility index (Phi) is 4.91. The largest absolute Gasteiger partial charge is 0.343 e. The van der Waals surface area contributed by atoms with Gasteiger partial charge in [-0.3, -0.25) is 14.8 Å². The summed E-state index contributed by atoms with van der Waals surface area (Å²) in [6.45, 7) is 3.74. The van der Waals surface area contributed by atoms with Gasteiger partial charge in [-0.1, -0.05) is 6.92 Å². The lowest BCUT2D eigenvalue weighted by Gasteiger charge is -2.41. The third-order valence-electron chi connectivity index (χ3n) is 4.36. The molecule has 2 atom stereocenters. The van der Waals surface area contributed by atoms with Crippen molar-refractivity contribution in [3.05, 3.63) is 30.1 Å². The molecule has 7 nitrogen and oxygen atoms in total. The molecule has 1 aliphatic heterocycles. The van der Waals surface area contributed by atoms with Crippen molar-refractivity contribution in [1.82, 2.24) is 30.5 Å². The van der Waals surface area contributed by atoms with Crippen molar-refractivity contribution in [2.45, 2.75) is 18.9 Å². The molecule has 3 heterocycles. The Bertz CT molecular complexity index is 783. The number of carbonyl (C=O) groups is 1. The first kappa shape index (κ1) is 17.6. The number of piperidine rings is 1. The van der Waals surface area contributed by atoms with E-state index in [4.69, 9.17) is 0 Å².